The Kier molecular flexibility index (Phi) is 6.20. The molecule has 1 fully saturated rings. The summed E-state index contributed by atoms with van der Waals surface area (Å²) < 4.78 is 39.3. The van der Waals surface area contributed by atoms with Gasteiger partial charge in [-0.15, -0.1) is 0 Å². The Hall–Kier alpha value is -2.58. The highest BCUT2D eigenvalue weighted by atomic mass is 32.2. The van der Waals surface area contributed by atoms with Gasteiger partial charge in [0.2, 0.25) is 15.9 Å². The first kappa shape index (κ1) is 21.6. The van der Waals surface area contributed by atoms with E-state index in [1.807, 2.05) is 29.2 Å². The molecule has 1 atom stereocenters. The van der Waals surface area contributed by atoms with Gasteiger partial charge in [-0.3, -0.25) is 4.79 Å². The Labute approximate surface area is 183 Å². The summed E-state index contributed by atoms with van der Waals surface area (Å²) in [6, 6.07) is 11.5. The van der Waals surface area contributed by atoms with Crippen molar-refractivity contribution in [1.82, 2.24) is 9.21 Å². The van der Waals surface area contributed by atoms with Crippen LogP contribution < -0.4 is 9.47 Å². The Bertz CT molecular complexity index is 1060. The summed E-state index contributed by atoms with van der Waals surface area (Å²) in [6.07, 6.45) is 3.39. The number of carbonyl (C=O) groups is 1. The predicted octanol–water partition coefficient (Wildman–Crippen LogP) is 2.83. The maximum atomic E-state index is 13.7. The average molecular weight is 445 g/mol. The molecule has 0 bridgehead atoms. The number of hydrogen-bond donors (Lipinski definition) is 0. The van der Waals surface area contributed by atoms with Gasteiger partial charge >= 0.3 is 0 Å². The molecule has 7 nitrogen and oxygen atoms in total. The van der Waals surface area contributed by atoms with Gasteiger partial charge in [0, 0.05) is 25.7 Å². The largest absolute Gasteiger partial charge is 0.493 e. The number of amides is 1. The van der Waals surface area contributed by atoms with Crippen LogP contribution in [0, 0.1) is 0 Å². The van der Waals surface area contributed by atoms with Crippen LogP contribution in [0.4, 0.5) is 0 Å². The third-order valence-corrected chi connectivity index (χ3v) is 7.97. The quantitative estimate of drug-likeness (QED) is 0.709. The highest BCUT2D eigenvalue weighted by Crippen LogP contribution is 2.34. The van der Waals surface area contributed by atoms with E-state index in [0.717, 1.165) is 30.4 Å². The molecular formula is C23H28N2O5S. The Morgan fingerprint density at radius 1 is 0.935 bits per heavy atom. The molecule has 0 N–H and O–H groups in total. The molecule has 0 aliphatic carbocycles. The van der Waals surface area contributed by atoms with Gasteiger partial charge in [-0.1, -0.05) is 24.3 Å². The van der Waals surface area contributed by atoms with E-state index >= 15 is 0 Å². The fraction of sp³-hybridized carbons (Fsp3) is 0.435. The van der Waals surface area contributed by atoms with Gasteiger partial charge in [-0.2, -0.15) is 4.31 Å². The summed E-state index contributed by atoms with van der Waals surface area (Å²) >= 11 is 0. The zero-order valence-corrected chi connectivity index (χ0v) is 18.7. The minimum atomic E-state index is -3.94. The van der Waals surface area contributed by atoms with Crippen LogP contribution in [-0.2, 0) is 27.8 Å². The van der Waals surface area contributed by atoms with Gasteiger partial charge < -0.3 is 14.4 Å². The zero-order valence-electron chi connectivity index (χ0n) is 17.9. The van der Waals surface area contributed by atoms with Crippen LogP contribution in [0.15, 0.2) is 47.4 Å². The normalized spacial score (nSPS) is 19.5. The van der Waals surface area contributed by atoms with Crippen molar-refractivity contribution < 1.29 is 22.7 Å². The first-order chi connectivity index (χ1) is 15.0. The Balaban J connectivity index is 1.74. The summed E-state index contributed by atoms with van der Waals surface area (Å²) in [6.45, 7) is 1.53. The number of carbonyl (C=O) groups excluding carboxylic acids is 1. The van der Waals surface area contributed by atoms with Crippen molar-refractivity contribution in [1.29, 1.82) is 0 Å². The molecule has 0 saturated carbocycles. The maximum Gasteiger partial charge on any atom is 0.244 e. The lowest BCUT2D eigenvalue weighted by atomic mass is 9.94. The lowest BCUT2D eigenvalue weighted by Crippen LogP contribution is -2.54. The molecule has 0 radical (unpaired) electrons. The van der Waals surface area contributed by atoms with E-state index in [0.29, 0.717) is 31.0 Å². The molecule has 2 aliphatic heterocycles. The average Bonchev–Trinajstić information content (AvgIpc) is 2.82. The number of hydrogen-bond acceptors (Lipinski definition) is 5. The van der Waals surface area contributed by atoms with Gasteiger partial charge in [-0.25, -0.2) is 8.42 Å². The summed E-state index contributed by atoms with van der Waals surface area (Å²) in [5, 5.41) is 0. The number of sulfonamides is 1. The fourth-order valence-electron chi connectivity index (χ4n) is 4.40. The lowest BCUT2D eigenvalue weighted by molar-refractivity contribution is -0.136. The molecule has 0 unspecified atom stereocenters. The molecular weight excluding hydrogens is 416 g/mol. The van der Waals surface area contributed by atoms with Crippen molar-refractivity contribution in [3.8, 4) is 11.5 Å². The second-order valence-corrected chi connectivity index (χ2v) is 9.83. The van der Waals surface area contributed by atoms with Gasteiger partial charge in [0.05, 0.1) is 19.1 Å². The topological polar surface area (TPSA) is 76.2 Å². The van der Waals surface area contributed by atoms with Crippen molar-refractivity contribution in [2.75, 3.05) is 27.3 Å². The van der Waals surface area contributed by atoms with E-state index in [2.05, 4.69) is 0 Å². The van der Waals surface area contributed by atoms with Crippen LogP contribution >= 0.6 is 0 Å². The molecule has 4 rings (SSSR count). The molecule has 0 spiro atoms. The number of nitrogens with zero attached hydrogens (tertiary/aromatic N) is 2. The minimum absolute atomic E-state index is 0.0842. The summed E-state index contributed by atoms with van der Waals surface area (Å²) in [4.78, 5) is 15.4. The fourth-order valence-corrected chi connectivity index (χ4v) is 5.98. The monoisotopic (exact) mass is 444 g/mol. The molecule has 1 saturated heterocycles. The number of ether oxygens (including phenoxy) is 2. The van der Waals surface area contributed by atoms with Crippen molar-refractivity contribution >= 4 is 15.9 Å². The lowest BCUT2D eigenvalue weighted by Gasteiger charge is -2.38. The molecule has 2 aromatic carbocycles. The van der Waals surface area contributed by atoms with Gasteiger partial charge in [-0.05, 0) is 48.9 Å². The molecule has 8 heteroatoms. The van der Waals surface area contributed by atoms with Gasteiger partial charge in [0.25, 0.3) is 0 Å². The van der Waals surface area contributed by atoms with Crippen LogP contribution in [0.1, 0.15) is 30.4 Å². The van der Waals surface area contributed by atoms with E-state index in [1.165, 1.54) is 30.7 Å². The summed E-state index contributed by atoms with van der Waals surface area (Å²) in [5.41, 5.74) is 1.95. The molecule has 2 heterocycles. The van der Waals surface area contributed by atoms with E-state index in [-0.39, 0.29) is 17.3 Å². The Morgan fingerprint density at radius 3 is 2.29 bits per heavy atom. The van der Waals surface area contributed by atoms with Crippen LogP contribution in [0.25, 0.3) is 0 Å². The molecule has 2 aliphatic rings. The number of rotatable bonds is 5. The van der Waals surface area contributed by atoms with E-state index in [1.54, 1.807) is 6.07 Å². The van der Waals surface area contributed by atoms with E-state index < -0.39 is 16.1 Å². The van der Waals surface area contributed by atoms with Crippen molar-refractivity contribution in [2.24, 2.45) is 0 Å². The molecule has 166 valence electrons. The number of fused-ring (bicyclic) bond motifs is 1. The van der Waals surface area contributed by atoms with Crippen molar-refractivity contribution in [3.63, 3.8) is 0 Å². The number of piperidine rings is 1. The third-order valence-electron chi connectivity index (χ3n) is 6.12. The smallest absolute Gasteiger partial charge is 0.244 e. The summed E-state index contributed by atoms with van der Waals surface area (Å²) in [7, 11) is -0.978. The number of likely N-dealkylation sites (tertiary alicyclic amines) is 1. The predicted molar refractivity (Wildman–Crippen MR) is 117 cm³/mol. The molecule has 2 aromatic rings. The van der Waals surface area contributed by atoms with Crippen LogP contribution in [0.5, 0.6) is 11.5 Å². The van der Waals surface area contributed by atoms with Gasteiger partial charge in [0.1, 0.15) is 6.04 Å². The molecule has 1 amide bonds. The molecule has 0 aromatic heterocycles. The van der Waals surface area contributed by atoms with Crippen LogP contribution in [-0.4, -0.2) is 56.9 Å². The number of methoxy groups -OCH3 is 2. The first-order valence-electron chi connectivity index (χ1n) is 10.5. The second kappa shape index (κ2) is 8.88. The minimum Gasteiger partial charge on any atom is -0.493 e. The SMILES string of the molecule is COc1ccc(S(=O)(=O)N2Cc3ccccc3C[C@H]2C(=O)N2CCCCC2)cc1OC. The second-order valence-electron chi connectivity index (χ2n) is 7.94. The standard InChI is InChI=1S/C23H28N2O5S/c1-29-21-11-10-19(15-22(21)30-2)31(27,28)25-16-18-9-5-4-8-17(18)14-20(25)23(26)24-12-6-3-7-13-24/h4-5,8-11,15,20H,3,6-7,12-14,16H2,1-2H3/t20-/m0/s1. The zero-order chi connectivity index (χ0) is 22.0. The number of benzene rings is 2. The molecule has 31 heavy (non-hydrogen) atoms. The Morgan fingerprint density at radius 2 is 1.61 bits per heavy atom. The van der Waals surface area contributed by atoms with Crippen LogP contribution in [0.2, 0.25) is 0 Å². The highest BCUT2D eigenvalue weighted by molar-refractivity contribution is 7.89. The van der Waals surface area contributed by atoms with Crippen molar-refractivity contribution in [2.45, 2.75) is 43.2 Å². The van der Waals surface area contributed by atoms with Gasteiger partial charge in [0.15, 0.2) is 11.5 Å². The van der Waals surface area contributed by atoms with E-state index in [9.17, 15) is 13.2 Å². The third kappa shape index (κ3) is 4.14. The summed E-state index contributed by atoms with van der Waals surface area (Å²) in [5.74, 6) is 0.671. The van der Waals surface area contributed by atoms with E-state index in [4.69, 9.17) is 9.47 Å². The highest BCUT2D eigenvalue weighted by Gasteiger charge is 2.41. The van der Waals surface area contributed by atoms with Crippen LogP contribution in [0.3, 0.4) is 0 Å². The maximum absolute atomic E-state index is 13.7. The first-order valence-corrected chi connectivity index (χ1v) is 12.0. The van der Waals surface area contributed by atoms with Crippen molar-refractivity contribution in [3.05, 3.63) is 53.6 Å².